The van der Waals surface area contributed by atoms with Gasteiger partial charge in [-0.25, -0.2) is 28.7 Å². The largest absolute Gasteiger partial charge is 0.365 e. The van der Waals surface area contributed by atoms with Crippen molar-refractivity contribution >= 4 is 56.9 Å². The first-order valence-corrected chi connectivity index (χ1v) is 22.6. The third-order valence-electron chi connectivity index (χ3n) is 12.4. The molecular formula is C48H58Cl2N12O4. The molecule has 16 nitrogen and oxygen atoms in total. The van der Waals surface area contributed by atoms with Crippen LogP contribution >= 0.6 is 23.2 Å². The average molecular weight is 938 g/mol. The van der Waals surface area contributed by atoms with Gasteiger partial charge in [-0.15, -0.1) is 0 Å². The quantitative estimate of drug-likeness (QED) is 0.128. The standard InChI is InChI=1S/2C23H25ClN6O2.2CH4/c1-5-16(6-2)28-9-10-29-20-19(28)11-13(3)25-21(20)30(23(29)31)18-8-7-15(12-17(18)24)22-26-14(4)27-32-22;1-5-16(6-2)28-9-10-29-20-19(28)11-13(3)25-22(20)30(23(29)31)18-8-7-15(12-17(18)24)21-26-14(4)32-27-21;;/h2*7-8,11-12,16H,5-6,9-10H2,1-4H3;2*1H4. The first-order valence-electron chi connectivity index (χ1n) is 21.9. The monoisotopic (exact) mass is 936 g/mol. The van der Waals surface area contributed by atoms with E-state index >= 15 is 0 Å². The molecule has 0 saturated heterocycles. The van der Waals surface area contributed by atoms with Crippen LogP contribution < -0.4 is 21.2 Å². The van der Waals surface area contributed by atoms with Crippen LogP contribution in [0.5, 0.6) is 0 Å². The number of pyridine rings is 2. The molecule has 2 aliphatic heterocycles. The number of aromatic nitrogens is 10. The molecule has 8 heterocycles. The second-order valence-corrected chi connectivity index (χ2v) is 17.2. The van der Waals surface area contributed by atoms with E-state index in [0.29, 0.717) is 86.9 Å². The number of aryl methyl sites for hydroxylation is 4. The Morgan fingerprint density at radius 3 is 1.45 bits per heavy atom. The molecule has 6 aromatic heterocycles. The van der Waals surface area contributed by atoms with Gasteiger partial charge in [0, 0.05) is 67.7 Å². The van der Waals surface area contributed by atoms with E-state index in [-0.39, 0.29) is 26.2 Å². The van der Waals surface area contributed by atoms with Crippen LogP contribution in [0.25, 0.3) is 56.5 Å². The fourth-order valence-corrected chi connectivity index (χ4v) is 9.88. The Hall–Kier alpha value is -6.26. The molecule has 10 rings (SSSR count). The molecule has 0 N–H and O–H groups in total. The molecule has 0 spiro atoms. The molecular weight excluding hydrogens is 880 g/mol. The van der Waals surface area contributed by atoms with Gasteiger partial charge in [-0.05, 0) is 95.0 Å². The number of anilines is 2. The van der Waals surface area contributed by atoms with E-state index in [1.807, 2.05) is 47.2 Å². The zero-order valence-corrected chi connectivity index (χ0v) is 38.7. The summed E-state index contributed by atoms with van der Waals surface area (Å²) in [5, 5.41) is 8.62. The van der Waals surface area contributed by atoms with E-state index in [2.05, 4.69) is 69.9 Å². The lowest BCUT2D eigenvalue weighted by molar-refractivity contribution is 0.394. The van der Waals surface area contributed by atoms with Gasteiger partial charge in [-0.2, -0.15) is 9.97 Å². The third kappa shape index (κ3) is 8.07. The highest BCUT2D eigenvalue weighted by molar-refractivity contribution is 6.33. The number of rotatable bonds is 10. The van der Waals surface area contributed by atoms with E-state index in [1.54, 1.807) is 35.1 Å². The summed E-state index contributed by atoms with van der Waals surface area (Å²) in [4.78, 5) is 49.9. The fraction of sp³-hybridized carbons (Fsp3) is 0.417. The summed E-state index contributed by atoms with van der Waals surface area (Å²) in [7, 11) is 0. The van der Waals surface area contributed by atoms with Crippen LogP contribution in [-0.4, -0.2) is 73.7 Å². The van der Waals surface area contributed by atoms with Crippen LogP contribution in [0.1, 0.15) is 91.3 Å². The number of nitrogens with zero attached hydrogens (tertiary/aromatic N) is 12. The van der Waals surface area contributed by atoms with E-state index in [4.69, 9.17) is 42.2 Å². The zero-order valence-electron chi connectivity index (χ0n) is 37.2. The number of hydrogen-bond donors (Lipinski definition) is 0. The highest BCUT2D eigenvalue weighted by Crippen LogP contribution is 2.37. The van der Waals surface area contributed by atoms with Crippen molar-refractivity contribution in [1.82, 2.24) is 48.5 Å². The van der Waals surface area contributed by atoms with Crippen molar-refractivity contribution in [2.45, 2.75) is 121 Å². The molecule has 0 atom stereocenters. The van der Waals surface area contributed by atoms with Crippen molar-refractivity contribution < 1.29 is 9.05 Å². The molecule has 348 valence electrons. The normalized spacial score (nSPS) is 13.1. The summed E-state index contributed by atoms with van der Waals surface area (Å²) in [5.41, 5.74) is 9.19. The Labute approximate surface area is 393 Å². The van der Waals surface area contributed by atoms with Crippen molar-refractivity contribution in [3.8, 4) is 34.2 Å². The molecule has 18 heteroatoms. The molecule has 2 aromatic carbocycles. The van der Waals surface area contributed by atoms with Gasteiger partial charge in [0.05, 0.1) is 32.8 Å². The van der Waals surface area contributed by atoms with E-state index in [0.717, 1.165) is 78.1 Å². The van der Waals surface area contributed by atoms with Crippen LogP contribution in [-0.2, 0) is 13.1 Å². The lowest BCUT2D eigenvalue weighted by Gasteiger charge is -2.36. The minimum atomic E-state index is -0.133. The van der Waals surface area contributed by atoms with Crippen molar-refractivity contribution in [3.05, 3.63) is 103 Å². The Bertz CT molecular complexity index is 2980. The van der Waals surface area contributed by atoms with Gasteiger partial charge in [0.2, 0.25) is 11.7 Å². The van der Waals surface area contributed by atoms with Gasteiger partial charge in [0.25, 0.3) is 5.89 Å². The molecule has 0 unspecified atom stereocenters. The summed E-state index contributed by atoms with van der Waals surface area (Å²) in [6, 6.07) is 15.8. The SMILES string of the molecule is C.C.CCC(CC)N1CCn2c(=O)n(-c3ccc(-c4nc(C)no4)cc3Cl)c3nc(C)cc1c32.CCC(CC)N1CCn2c(=O)n(-c3ccc(-c4noc(C)n4)cc3Cl)c3nc(C)cc1c32. The molecule has 0 aliphatic carbocycles. The van der Waals surface area contributed by atoms with Gasteiger partial charge < -0.3 is 18.8 Å². The smallest absolute Gasteiger partial charge is 0.335 e. The van der Waals surface area contributed by atoms with Gasteiger partial charge in [0.15, 0.2) is 17.1 Å². The van der Waals surface area contributed by atoms with Gasteiger partial charge in [-0.1, -0.05) is 76.1 Å². The topological polar surface area (TPSA) is 164 Å². The van der Waals surface area contributed by atoms with Gasteiger partial charge >= 0.3 is 11.4 Å². The summed E-state index contributed by atoms with van der Waals surface area (Å²) in [5.74, 6) is 1.88. The van der Waals surface area contributed by atoms with Gasteiger partial charge in [0.1, 0.15) is 11.0 Å². The highest BCUT2D eigenvalue weighted by Gasteiger charge is 2.31. The second-order valence-electron chi connectivity index (χ2n) is 16.4. The summed E-state index contributed by atoms with van der Waals surface area (Å²) in [6.45, 7) is 19.1. The van der Waals surface area contributed by atoms with Crippen LogP contribution in [0.15, 0.2) is 67.2 Å². The minimum absolute atomic E-state index is 0. The van der Waals surface area contributed by atoms with Crippen LogP contribution in [0, 0.1) is 27.7 Å². The van der Waals surface area contributed by atoms with E-state index < -0.39 is 0 Å². The lowest BCUT2D eigenvalue weighted by atomic mass is 10.1. The lowest BCUT2D eigenvalue weighted by Crippen LogP contribution is -2.41. The maximum atomic E-state index is 13.5. The summed E-state index contributed by atoms with van der Waals surface area (Å²) < 4.78 is 17.2. The number of imidazole rings is 2. The Balaban J connectivity index is 0.000000191. The molecule has 0 bridgehead atoms. The maximum Gasteiger partial charge on any atom is 0.335 e. The predicted molar refractivity (Wildman–Crippen MR) is 263 cm³/mol. The Morgan fingerprint density at radius 1 is 0.576 bits per heavy atom. The molecule has 8 aromatic rings. The van der Waals surface area contributed by atoms with Crippen molar-refractivity contribution in [2.75, 3.05) is 22.9 Å². The predicted octanol–water partition coefficient (Wildman–Crippen LogP) is 10.3. The van der Waals surface area contributed by atoms with Crippen LogP contribution in [0.3, 0.4) is 0 Å². The highest BCUT2D eigenvalue weighted by atomic mass is 35.5. The third-order valence-corrected chi connectivity index (χ3v) is 13.0. The first-order chi connectivity index (χ1) is 30.8. The zero-order chi connectivity index (χ0) is 45.1. The molecule has 2 aliphatic rings. The maximum absolute atomic E-state index is 13.5. The minimum Gasteiger partial charge on any atom is -0.365 e. The number of benzene rings is 2. The van der Waals surface area contributed by atoms with Crippen molar-refractivity contribution in [3.63, 3.8) is 0 Å². The van der Waals surface area contributed by atoms with Gasteiger partial charge in [-0.3, -0.25) is 9.13 Å². The number of halogens is 2. The van der Waals surface area contributed by atoms with Crippen molar-refractivity contribution in [1.29, 1.82) is 0 Å². The molecule has 0 amide bonds. The Kier molecular flexibility index (Phi) is 13.7. The van der Waals surface area contributed by atoms with E-state index in [1.165, 1.54) is 0 Å². The molecule has 0 saturated carbocycles. The van der Waals surface area contributed by atoms with Crippen LogP contribution in [0.4, 0.5) is 11.4 Å². The molecule has 0 fully saturated rings. The fourth-order valence-electron chi connectivity index (χ4n) is 9.35. The number of hydrogen-bond acceptors (Lipinski definition) is 12. The average Bonchev–Trinajstić information content (AvgIpc) is 4.05. The first kappa shape index (κ1) is 47.7. The van der Waals surface area contributed by atoms with E-state index in [9.17, 15) is 9.59 Å². The van der Waals surface area contributed by atoms with Crippen LogP contribution in [0.2, 0.25) is 10.0 Å². The molecule has 66 heavy (non-hydrogen) atoms. The molecule has 0 radical (unpaired) electrons. The Morgan fingerprint density at radius 2 is 1.05 bits per heavy atom. The summed E-state index contributed by atoms with van der Waals surface area (Å²) >= 11 is 13.3. The van der Waals surface area contributed by atoms with Crippen molar-refractivity contribution in [2.24, 2.45) is 0 Å². The summed E-state index contributed by atoms with van der Waals surface area (Å²) in [6.07, 6.45) is 4.19. The second kappa shape index (κ2) is 18.9.